The summed E-state index contributed by atoms with van der Waals surface area (Å²) in [5.41, 5.74) is 0. The van der Waals surface area contributed by atoms with E-state index in [2.05, 4.69) is 9.15 Å². The number of ketones is 1. The van der Waals surface area contributed by atoms with Gasteiger partial charge in [-0.2, -0.15) is 0 Å². The van der Waals surface area contributed by atoms with Crippen molar-refractivity contribution in [3.8, 4) is 0 Å². The molecule has 88 valence electrons. The molecule has 0 aromatic carbocycles. The van der Waals surface area contributed by atoms with E-state index in [1.54, 1.807) is 12.1 Å². The monoisotopic (exact) mass is 226 g/mol. The molecular formula is C11H14O5. The molecule has 1 aromatic heterocycles. The zero-order valence-corrected chi connectivity index (χ0v) is 9.26. The molecule has 16 heavy (non-hydrogen) atoms. The number of carbonyl (C=O) groups is 3. The highest BCUT2D eigenvalue weighted by molar-refractivity contribution is 5.80. The smallest absolute Gasteiger partial charge is 0.305 e. The maximum atomic E-state index is 10.3. The number of esters is 1. The van der Waals surface area contributed by atoms with Gasteiger partial charge in [-0.05, 0) is 19.1 Å². The van der Waals surface area contributed by atoms with Gasteiger partial charge < -0.3 is 13.9 Å². The van der Waals surface area contributed by atoms with Crippen LogP contribution in [0.4, 0.5) is 0 Å². The molecule has 0 atom stereocenters. The molecule has 0 N–H and O–H groups in total. The number of hydrogen-bond donors (Lipinski definition) is 0. The second-order valence-electron chi connectivity index (χ2n) is 2.91. The van der Waals surface area contributed by atoms with Gasteiger partial charge in [0.25, 0.3) is 0 Å². The Morgan fingerprint density at radius 2 is 2.12 bits per heavy atom. The minimum atomic E-state index is -0.329. The van der Waals surface area contributed by atoms with Crippen LogP contribution in [-0.2, 0) is 14.3 Å². The third kappa shape index (κ3) is 7.49. The Balaban J connectivity index is 0.000000288. The van der Waals surface area contributed by atoms with Crippen LogP contribution in [0.15, 0.2) is 22.8 Å². The van der Waals surface area contributed by atoms with Crippen molar-refractivity contribution in [2.75, 3.05) is 7.11 Å². The normalized spacial score (nSPS) is 8.62. The van der Waals surface area contributed by atoms with Crippen molar-refractivity contribution in [2.24, 2.45) is 0 Å². The number of carbonyl (C=O) groups excluding carboxylic acids is 3. The molecule has 0 amide bonds. The Hall–Kier alpha value is -1.91. The number of ether oxygens (including phenoxy) is 1. The lowest BCUT2D eigenvalue weighted by Gasteiger charge is -1.93. The summed E-state index contributed by atoms with van der Waals surface area (Å²) in [5, 5.41) is 0. The number of Topliss-reactive ketones (excluding diaryl/α,β-unsaturated/α-hetero) is 1. The Bertz CT molecular complexity index is 326. The highest BCUT2D eigenvalue weighted by Crippen LogP contribution is 1.92. The molecule has 0 aliphatic carbocycles. The first-order valence-electron chi connectivity index (χ1n) is 4.65. The van der Waals surface area contributed by atoms with Crippen molar-refractivity contribution in [3.63, 3.8) is 0 Å². The minimum absolute atomic E-state index is 0.0143. The van der Waals surface area contributed by atoms with E-state index in [1.807, 2.05) is 0 Å². The van der Waals surface area contributed by atoms with E-state index in [0.717, 1.165) is 0 Å². The van der Waals surface area contributed by atoms with Crippen molar-refractivity contribution in [1.82, 2.24) is 0 Å². The lowest BCUT2D eigenvalue weighted by atomic mass is 10.2. The molecule has 1 aromatic rings. The SMILES string of the molecule is COC(=O)CCC(C)=O.O=Cc1ccco1. The van der Waals surface area contributed by atoms with Gasteiger partial charge >= 0.3 is 5.97 Å². The van der Waals surface area contributed by atoms with Crippen LogP contribution >= 0.6 is 0 Å². The van der Waals surface area contributed by atoms with Crippen LogP contribution in [-0.4, -0.2) is 25.1 Å². The van der Waals surface area contributed by atoms with Gasteiger partial charge in [-0.3, -0.25) is 9.59 Å². The fourth-order valence-corrected chi connectivity index (χ4v) is 0.738. The van der Waals surface area contributed by atoms with Crippen LogP contribution in [0.25, 0.3) is 0 Å². The average molecular weight is 226 g/mol. The third-order valence-corrected chi connectivity index (χ3v) is 1.57. The summed E-state index contributed by atoms with van der Waals surface area (Å²) in [7, 11) is 1.31. The van der Waals surface area contributed by atoms with Crippen LogP contribution in [0, 0.1) is 0 Å². The lowest BCUT2D eigenvalue weighted by molar-refractivity contribution is -0.141. The number of hydrogen-bond acceptors (Lipinski definition) is 5. The molecule has 5 nitrogen and oxygen atoms in total. The first-order valence-corrected chi connectivity index (χ1v) is 4.65. The topological polar surface area (TPSA) is 73.6 Å². The maximum Gasteiger partial charge on any atom is 0.305 e. The van der Waals surface area contributed by atoms with Crippen LogP contribution in [0.2, 0.25) is 0 Å². The highest BCUT2D eigenvalue weighted by atomic mass is 16.5. The molecule has 5 heteroatoms. The fourth-order valence-electron chi connectivity index (χ4n) is 0.738. The number of furan rings is 1. The van der Waals surface area contributed by atoms with E-state index in [0.29, 0.717) is 12.0 Å². The Kier molecular flexibility index (Phi) is 7.40. The van der Waals surface area contributed by atoms with Gasteiger partial charge in [0, 0.05) is 6.42 Å². The summed E-state index contributed by atoms with van der Waals surface area (Å²) in [4.78, 5) is 30.4. The molecule has 1 heterocycles. The van der Waals surface area contributed by atoms with Gasteiger partial charge in [-0.25, -0.2) is 0 Å². The van der Waals surface area contributed by atoms with Gasteiger partial charge in [0.1, 0.15) is 5.78 Å². The first kappa shape index (κ1) is 14.1. The van der Waals surface area contributed by atoms with Gasteiger partial charge in [0.2, 0.25) is 0 Å². The number of aldehydes is 1. The van der Waals surface area contributed by atoms with Gasteiger partial charge in [-0.15, -0.1) is 0 Å². The molecule has 0 aliphatic heterocycles. The predicted octanol–water partition coefficient (Wildman–Crippen LogP) is 1.62. The van der Waals surface area contributed by atoms with Crippen LogP contribution in [0.3, 0.4) is 0 Å². The van der Waals surface area contributed by atoms with Crippen molar-refractivity contribution in [3.05, 3.63) is 24.2 Å². The van der Waals surface area contributed by atoms with E-state index >= 15 is 0 Å². The molecule has 0 spiro atoms. The van der Waals surface area contributed by atoms with E-state index in [4.69, 9.17) is 0 Å². The molecule has 1 rings (SSSR count). The summed E-state index contributed by atoms with van der Waals surface area (Å²) >= 11 is 0. The van der Waals surface area contributed by atoms with Crippen molar-refractivity contribution >= 4 is 18.0 Å². The summed E-state index contributed by atoms with van der Waals surface area (Å²) in [5.74, 6) is 0.0607. The van der Waals surface area contributed by atoms with Crippen LogP contribution < -0.4 is 0 Å². The average Bonchev–Trinajstić information content (AvgIpc) is 2.79. The number of methoxy groups -OCH3 is 1. The molecule has 0 fully saturated rings. The van der Waals surface area contributed by atoms with Gasteiger partial charge in [0.05, 0.1) is 19.8 Å². The first-order chi connectivity index (χ1) is 7.60. The highest BCUT2D eigenvalue weighted by Gasteiger charge is 2.00. The van der Waals surface area contributed by atoms with Gasteiger partial charge in [0.15, 0.2) is 12.0 Å². The predicted molar refractivity (Wildman–Crippen MR) is 56.0 cm³/mol. The van der Waals surface area contributed by atoms with Crippen LogP contribution in [0.1, 0.15) is 30.3 Å². The molecule has 0 bridgehead atoms. The van der Waals surface area contributed by atoms with Crippen molar-refractivity contribution < 1.29 is 23.5 Å². The quantitative estimate of drug-likeness (QED) is 0.576. The maximum absolute atomic E-state index is 10.3. The van der Waals surface area contributed by atoms with Crippen molar-refractivity contribution in [1.29, 1.82) is 0 Å². The molecule has 0 radical (unpaired) electrons. The van der Waals surface area contributed by atoms with E-state index in [1.165, 1.54) is 20.3 Å². The third-order valence-electron chi connectivity index (χ3n) is 1.57. The minimum Gasteiger partial charge on any atom is -0.469 e. The summed E-state index contributed by atoms with van der Waals surface area (Å²) in [6.07, 6.45) is 2.61. The Morgan fingerprint density at radius 1 is 1.44 bits per heavy atom. The molecular weight excluding hydrogens is 212 g/mol. The van der Waals surface area contributed by atoms with E-state index in [-0.39, 0.29) is 24.6 Å². The van der Waals surface area contributed by atoms with Gasteiger partial charge in [-0.1, -0.05) is 0 Å². The summed E-state index contributed by atoms with van der Waals surface area (Å²) in [6, 6.07) is 3.27. The van der Waals surface area contributed by atoms with Crippen molar-refractivity contribution in [2.45, 2.75) is 19.8 Å². The molecule has 0 saturated carbocycles. The Morgan fingerprint density at radius 3 is 2.44 bits per heavy atom. The zero-order valence-electron chi connectivity index (χ0n) is 9.26. The van der Waals surface area contributed by atoms with E-state index in [9.17, 15) is 14.4 Å². The molecule has 0 unspecified atom stereocenters. The van der Waals surface area contributed by atoms with E-state index < -0.39 is 0 Å². The zero-order chi connectivity index (χ0) is 12.4. The standard InChI is InChI=1S/C6H10O3.C5H4O2/c1-5(7)3-4-6(8)9-2;6-4-5-2-1-3-7-5/h3-4H2,1-2H3;1-4H. The summed E-state index contributed by atoms with van der Waals surface area (Å²) in [6.45, 7) is 1.45. The molecule has 0 aliphatic rings. The van der Waals surface area contributed by atoms with Crippen LogP contribution in [0.5, 0.6) is 0 Å². The lowest BCUT2D eigenvalue weighted by Crippen LogP contribution is -2.02. The second-order valence-corrected chi connectivity index (χ2v) is 2.91. The number of rotatable bonds is 4. The summed E-state index contributed by atoms with van der Waals surface area (Å²) < 4.78 is 8.92. The second kappa shape index (κ2) is 8.40. The largest absolute Gasteiger partial charge is 0.469 e. The Labute approximate surface area is 93.4 Å². The molecule has 0 saturated heterocycles. The fraction of sp³-hybridized carbons (Fsp3) is 0.364.